The summed E-state index contributed by atoms with van der Waals surface area (Å²) in [5, 5.41) is 3.75. The number of nitrogens with zero attached hydrogens (tertiary/aromatic N) is 2. The Bertz CT molecular complexity index is 696. The van der Waals surface area contributed by atoms with E-state index in [2.05, 4.69) is 44.2 Å². The van der Waals surface area contributed by atoms with Gasteiger partial charge in [-0.15, -0.1) is 0 Å². The van der Waals surface area contributed by atoms with Crippen LogP contribution in [0.3, 0.4) is 0 Å². The second-order valence-corrected chi connectivity index (χ2v) is 14.1. The number of carbonyl (C=O) groups is 2. The minimum Gasteiger partial charge on any atom is -0.413 e. The van der Waals surface area contributed by atoms with Crippen molar-refractivity contribution in [2.75, 3.05) is 6.26 Å². The lowest BCUT2D eigenvalue weighted by Crippen LogP contribution is -2.64. The molecule has 26 heavy (non-hydrogen) atoms. The van der Waals surface area contributed by atoms with Crippen LogP contribution in [0.15, 0.2) is 11.4 Å². The fourth-order valence-corrected chi connectivity index (χ4v) is 4.93. The number of nitrogens with one attached hydrogen (secondary N) is 1. The minimum absolute atomic E-state index is 0.0279. The van der Waals surface area contributed by atoms with Gasteiger partial charge in [-0.05, 0) is 31.3 Å². The van der Waals surface area contributed by atoms with E-state index >= 15 is 0 Å². The first-order valence-electron chi connectivity index (χ1n) is 8.96. The fourth-order valence-electron chi connectivity index (χ4n) is 2.97. The highest BCUT2D eigenvalue weighted by molar-refractivity contribution is 7.98. The summed E-state index contributed by atoms with van der Waals surface area (Å²) >= 11 is 1.50. The predicted molar refractivity (Wildman–Crippen MR) is 107 cm³/mol. The number of rotatable bonds is 7. The first-order valence-corrected chi connectivity index (χ1v) is 13.1. The smallest absolute Gasteiger partial charge is 0.228 e. The zero-order valence-corrected chi connectivity index (χ0v) is 18.9. The number of ketones is 1. The molecule has 1 amide bonds. The largest absolute Gasteiger partial charge is 0.413 e. The number of aromatic nitrogens is 2. The molecule has 0 aliphatic carbocycles. The number of hydrogen-bond donors (Lipinski definition) is 1. The van der Waals surface area contributed by atoms with E-state index in [4.69, 9.17) is 4.43 Å². The second-order valence-electron chi connectivity index (χ2n) is 8.58. The summed E-state index contributed by atoms with van der Waals surface area (Å²) in [6.07, 6.45) is 3.73. The van der Waals surface area contributed by atoms with Gasteiger partial charge >= 0.3 is 0 Å². The average molecular weight is 398 g/mol. The number of β-lactam (4-membered cyclic amide) rings is 1. The lowest BCUT2D eigenvalue weighted by Gasteiger charge is -2.45. The Morgan fingerprint density at radius 2 is 2.08 bits per heavy atom. The van der Waals surface area contributed by atoms with Gasteiger partial charge in [0.1, 0.15) is 5.69 Å². The second kappa shape index (κ2) is 7.48. The molecule has 2 heterocycles. The van der Waals surface area contributed by atoms with Gasteiger partial charge < -0.3 is 14.3 Å². The van der Waals surface area contributed by atoms with Crippen LogP contribution in [-0.2, 0) is 16.3 Å². The maximum atomic E-state index is 12.6. The van der Waals surface area contributed by atoms with Crippen LogP contribution in [0.4, 0.5) is 0 Å². The third-order valence-electron chi connectivity index (χ3n) is 5.56. The van der Waals surface area contributed by atoms with Crippen molar-refractivity contribution in [1.29, 1.82) is 0 Å². The van der Waals surface area contributed by atoms with Crippen LogP contribution < -0.4 is 5.32 Å². The van der Waals surface area contributed by atoms with Crippen molar-refractivity contribution in [1.82, 2.24) is 14.9 Å². The monoisotopic (exact) mass is 397 g/mol. The summed E-state index contributed by atoms with van der Waals surface area (Å²) in [5.41, 5.74) is 0.453. The first-order chi connectivity index (χ1) is 11.9. The van der Waals surface area contributed by atoms with E-state index in [1.165, 1.54) is 11.8 Å². The van der Waals surface area contributed by atoms with Crippen LogP contribution in [0.2, 0.25) is 18.1 Å². The molecule has 1 aromatic heterocycles. The van der Waals surface area contributed by atoms with Crippen LogP contribution in [0.1, 0.15) is 44.6 Å². The van der Waals surface area contributed by atoms with Crippen LogP contribution >= 0.6 is 11.8 Å². The normalized spacial score (nSPS) is 21.9. The number of thioether (sulfide) groups is 1. The number of Topliss-reactive ketones (excluding diaryl/α,β-unsaturated/α-hetero) is 1. The molecule has 6 nitrogen and oxygen atoms in total. The van der Waals surface area contributed by atoms with Crippen LogP contribution in [0, 0.1) is 5.92 Å². The van der Waals surface area contributed by atoms with E-state index in [9.17, 15) is 9.59 Å². The SMILES string of the molecule is CSc1nc(C(=O)C[C@H]2NC(=O)[C@@H]2[C@@H](C)O[Si](C)(C)C(C)(C)C)cn1C. The van der Waals surface area contributed by atoms with E-state index in [-0.39, 0.29) is 41.2 Å². The highest BCUT2D eigenvalue weighted by atomic mass is 32.2. The van der Waals surface area contributed by atoms with Crippen molar-refractivity contribution in [3.8, 4) is 0 Å². The molecule has 0 bridgehead atoms. The average Bonchev–Trinajstić information content (AvgIpc) is 2.85. The maximum Gasteiger partial charge on any atom is 0.228 e. The number of carbonyl (C=O) groups excluding carboxylic acids is 2. The first kappa shape index (κ1) is 21.2. The molecular formula is C18H31N3O3SSi. The predicted octanol–water partition coefficient (Wildman–Crippen LogP) is 3.24. The van der Waals surface area contributed by atoms with Crippen LogP contribution in [0.25, 0.3) is 0 Å². The Kier molecular flexibility index (Phi) is 6.09. The van der Waals surface area contributed by atoms with Gasteiger partial charge in [-0.25, -0.2) is 4.98 Å². The van der Waals surface area contributed by atoms with Crippen molar-refractivity contribution in [2.45, 2.75) is 69.6 Å². The molecule has 1 aromatic rings. The zero-order chi connectivity index (χ0) is 19.9. The summed E-state index contributed by atoms with van der Waals surface area (Å²) in [6, 6.07) is -0.186. The van der Waals surface area contributed by atoms with Gasteiger partial charge in [-0.3, -0.25) is 9.59 Å². The molecule has 0 spiro atoms. The van der Waals surface area contributed by atoms with Gasteiger partial charge in [-0.1, -0.05) is 32.5 Å². The molecule has 3 atom stereocenters. The van der Waals surface area contributed by atoms with Crippen molar-refractivity contribution >= 4 is 31.8 Å². The van der Waals surface area contributed by atoms with Crippen LogP contribution in [0.5, 0.6) is 0 Å². The molecule has 146 valence electrons. The number of imidazole rings is 1. The van der Waals surface area contributed by atoms with E-state index in [1.807, 2.05) is 24.8 Å². The van der Waals surface area contributed by atoms with E-state index in [0.717, 1.165) is 5.16 Å². The van der Waals surface area contributed by atoms with Crippen molar-refractivity contribution in [2.24, 2.45) is 13.0 Å². The van der Waals surface area contributed by atoms with Gasteiger partial charge in [0.2, 0.25) is 5.91 Å². The van der Waals surface area contributed by atoms with Gasteiger partial charge in [0.15, 0.2) is 19.3 Å². The van der Waals surface area contributed by atoms with E-state index in [0.29, 0.717) is 5.69 Å². The summed E-state index contributed by atoms with van der Waals surface area (Å²) in [5.74, 6) is -0.355. The lowest BCUT2D eigenvalue weighted by molar-refractivity contribution is -0.139. The van der Waals surface area contributed by atoms with E-state index in [1.54, 1.807) is 6.20 Å². The molecule has 2 rings (SSSR count). The Balaban J connectivity index is 2.04. The van der Waals surface area contributed by atoms with Crippen LogP contribution in [-0.4, -0.2) is 48.0 Å². The topological polar surface area (TPSA) is 73.2 Å². The summed E-state index contributed by atoms with van der Waals surface area (Å²) in [6.45, 7) is 12.8. The van der Waals surface area contributed by atoms with Gasteiger partial charge in [0.05, 0.1) is 18.1 Å². The third-order valence-corrected chi connectivity index (χ3v) is 10.9. The molecule has 1 aliphatic rings. The fraction of sp³-hybridized carbons (Fsp3) is 0.722. The zero-order valence-electron chi connectivity index (χ0n) is 17.0. The molecule has 8 heteroatoms. The Labute approximate surface area is 161 Å². The Morgan fingerprint density at radius 1 is 1.46 bits per heavy atom. The number of amides is 1. The molecule has 0 saturated carbocycles. The number of aryl methyl sites for hydroxylation is 1. The van der Waals surface area contributed by atoms with Gasteiger partial charge in [-0.2, -0.15) is 0 Å². The molecule has 1 N–H and O–H groups in total. The van der Waals surface area contributed by atoms with Gasteiger partial charge in [0, 0.05) is 19.7 Å². The minimum atomic E-state index is -1.97. The maximum absolute atomic E-state index is 12.6. The molecule has 1 saturated heterocycles. The molecule has 1 fully saturated rings. The summed E-state index contributed by atoms with van der Waals surface area (Å²) < 4.78 is 8.22. The standard InChI is InChI=1S/C18H31N3O3SSi/c1-11(24-26(7,8)18(2,3)4)15-12(19-16(15)23)9-14(22)13-10-21(5)17(20-13)25-6/h10-12,15H,9H2,1-8H3,(H,19,23)/t11-,12-,15-/m1/s1. The summed E-state index contributed by atoms with van der Waals surface area (Å²) in [4.78, 5) is 29.1. The Morgan fingerprint density at radius 3 is 2.54 bits per heavy atom. The molecular weight excluding hydrogens is 366 g/mol. The van der Waals surface area contributed by atoms with E-state index < -0.39 is 8.32 Å². The number of hydrogen-bond acceptors (Lipinski definition) is 5. The molecule has 0 aromatic carbocycles. The molecule has 0 radical (unpaired) electrons. The highest BCUT2D eigenvalue weighted by Gasteiger charge is 2.48. The third kappa shape index (κ3) is 4.23. The van der Waals surface area contributed by atoms with Crippen molar-refractivity contribution in [3.05, 3.63) is 11.9 Å². The van der Waals surface area contributed by atoms with Crippen molar-refractivity contribution in [3.63, 3.8) is 0 Å². The van der Waals surface area contributed by atoms with Gasteiger partial charge in [0.25, 0.3) is 0 Å². The molecule has 1 aliphatic heterocycles. The Hall–Kier alpha value is -1.12. The highest BCUT2D eigenvalue weighted by Crippen LogP contribution is 2.39. The van der Waals surface area contributed by atoms with Crippen molar-refractivity contribution < 1.29 is 14.0 Å². The molecule has 0 unspecified atom stereocenters. The lowest BCUT2D eigenvalue weighted by atomic mass is 9.83. The summed E-state index contributed by atoms with van der Waals surface area (Å²) in [7, 11) is -0.0950. The quantitative estimate of drug-likeness (QED) is 0.331.